The van der Waals surface area contributed by atoms with E-state index in [9.17, 15) is 23.0 Å². The van der Waals surface area contributed by atoms with Crippen LogP contribution in [0.25, 0.3) is 0 Å². The first kappa shape index (κ1) is 17.4. The Hall–Kier alpha value is -1.47. The fraction of sp³-hybridized carbons (Fsp3) is 0.294. The molecule has 1 fully saturated rings. The van der Waals surface area contributed by atoms with Gasteiger partial charge in [-0.05, 0) is 42.0 Å². The van der Waals surface area contributed by atoms with E-state index in [0.717, 1.165) is 0 Å². The number of hydrogen-bond acceptors (Lipinski definition) is 4. The number of hydrogen-bond donors (Lipinski definition) is 2. The number of halogens is 2. The molecule has 2 aromatic carbocycles. The maximum Gasteiger partial charge on any atom is 0.182 e. The molecule has 7 heteroatoms. The van der Waals surface area contributed by atoms with Gasteiger partial charge in [0, 0.05) is 16.4 Å². The second-order valence-corrected chi connectivity index (χ2v) is 8.51. The first-order chi connectivity index (χ1) is 11.4. The van der Waals surface area contributed by atoms with Crippen molar-refractivity contribution in [2.45, 2.75) is 16.1 Å². The van der Waals surface area contributed by atoms with Crippen LogP contribution in [0.1, 0.15) is 11.5 Å². The molecule has 128 valence electrons. The molecule has 0 bridgehead atoms. The van der Waals surface area contributed by atoms with Gasteiger partial charge in [-0.25, -0.2) is 12.8 Å². The molecule has 2 atom stereocenters. The summed E-state index contributed by atoms with van der Waals surface area (Å²) < 4.78 is 39.4. The van der Waals surface area contributed by atoms with Crippen LogP contribution in [0.3, 0.4) is 0 Å². The predicted molar refractivity (Wildman–Crippen MR) is 88.2 cm³/mol. The van der Waals surface area contributed by atoms with Crippen LogP contribution in [0.15, 0.2) is 53.4 Å². The van der Waals surface area contributed by atoms with Crippen LogP contribution >= 0.6 is 11.6 Å². The molecule has 3 rings (SSSR count). The second kappa shape index (κ2) is 6.11. The van der Waals surface area contributed by atoms with Gasteiger partial charge in [0.05, 0.1) is 23.4 Å². The van der Waals surface area contributed by atoms with Crippen molar-refractivity contribution in [3.05, 3.63) is 64.9 Å². The molecule has 0 unspecified atom stereocenters. The first-order valence-corrected chi connectivity index (χ1v) is 9.26. The van der Waals surface area contributed by atoms with Crippen molar-refractivity contribution < 1.29 is 23.0 Å². The highest BCUT2D eigenvalue weighted by Crippen LogP contribution is 2.63. The van der Waals surface area contributed by atoms with Gasteiger partial charge in [-0.3, -0.25) is 0 Å². The zero-order valence-corrected chi connectivity index (χ0v) is 14.1. The average molecular weight is 371 g/mol. The Kier molecular flexibility index (Phi) is 4.42. The van der Waals surface area contributed by atoms with Crippen LogP contribution in [0, 0.1) is 11.2 Å². The summed E-state index contributed by atoms with van der Waals surface area (Å²) in [5.41, 5.74) is -0.785. The summed E-state index contributed by atoms with van der Waals surface area (Å²) in [6.45, 7) is -1.02. The summed E-state index contributed by atoms with van der Waals surface area (Å²) in [6, 6.07) is 11.3. The lowest BCUT2D eigenvalue weighted by Crippen LogP contribution is -2.23. The Morgan fingerprint density at radius 3 is 2.25 bits per heavy atom. The van der Waals surface area contributed by atoms with Crippen LogP contribution in [-0.4, -0.2) is 37.1 Å². The van der Waals surface area contributed by atoms with E-state index in [1.54, 1.807) is 6.07 Å². The second-order valence-electron chi connectivity index (χ2n) is 6.00. The molecule has 0 saturated heterocycles. The largest absolute Gasteiger partial charge is 0.396 e. The molecule has 0 heterocycles. The van der Waals surface area contributed by atoms with Crippen molar-refractivity contribution in [2.24, 2.45) is 5.41 Å². The van der Waals surface area contributed by atoms with E-state index in [-0.39, 0.29) is 4.90 Å². The van der Waals surface area contributed by atoms with Crippen molar-refractivity contribution in [2.75, 3.05) is 13.2 Å². The summed E-state index contributed by atoms with van der Waals surface area (Å²) >= 11 is 5.79. The molecule has 24 heavy (non-hydrogen) atoms. The van der Waals surface area contributed by atoms with Crippen molar-refractivity contribution in [1.82, 2.24) is 0 Å². The van der Waals surface area contributed by atoms with E-state index >= 15 is 0 Å². The number of sulfone groups is 1. The molecule has 1 saturated carbocycles. The van der Waals surface area contributed by atoms with Gasteiger partial charge in [0.2, 0.25) is 0 Å². The standard InChI is InChI=1S/C17H16ClFO4S/c18-12-4-6-14(7-5-12)24(22,23)16-15(17(16,9-20)10-21)11-2-1-3-13(19)8-11/h1-8,15-16,20-21H,9-10H2/t15-,16-/m0/s1. The minimum absolute atomic E-state index is 0.0575. The smallest absolute Gasteiger partial charge is 0.182 e. The van der Waals surface area contributed by atoms with Crippen LogP contribution < -0.4 is 0 Å². The Labute approximate surface area is 144 Å². The third kappa shape index (κ3) is 2.63. The van der Waals surface area contributed by atoms with Crippen LogP contribution in [0.2, 0.25) is 5.02 Å². The van der Waals surface area contributed by atoms with Gasteiger partial charge < -0.3 is 10.2 Å². The highest BCUT2D eigenvalue weighted by Gasteiger charge is 2.70. The Bertz CT molecular complexity index is 847. The van der Waals surface area contributed by atoms with E-state index in [2.05, 4.69) is 0 Å². The third-order valence-corrected chi connectivity index (χ3v) is 7.24. The Morgan fingerprint density at radius 1 is 1.08 bits per heavy atom. The summed E-state index contributed by atoms with van der Waals surface area (Å²) in [6.07, 6.45) is 0. The number of aliphatic hydroxyl groups is 2. The van der Waals surface area contributed by atoms with Gasteiger partial charge in [-0.15, -0.1) is 0 Å². The van der Waals surface area contributed by atoms with Crippen molar-refractivity contribution in [1.29, 1.82) is 0 Å². The molecular weight excluding hydrogens is 355 g/mol. The minimum Gasteiger partial charge on any atom is -0.396 e. The van der Waals surface area contributed by atoms with Crippen molar-refractivity contribution >= 4 is 21.4 Å². The van der Waals surface area contributed by atoms with Gasteiger partial charge >= 0.3 is 0 Å². The number of rotatable bonds is 5. The van der Waals surface area contributed by atoms with Crippen molar-refractivity contribution in [3.8, 4) is 0 Å². The van der Waals surface area contributed by atoms with Gasteiger partial charge in [0.15, 0.2) is 9.84 Å². The molecule has 1 aliphatic rings. The normalized spacial score (nSPS) is 22.3. The van der Waals surface area contributed by atoms with Crippen LogP contribution in [-0.2, 0) is 9.84 Å². The highest BCUT2D eigenvalue weighted by molar-refractivity contribution is 7.92. The SMILES string of the molecule is O=S(=O)(c1ccc(Cl)cc1)[C@H]1[C@H](c2cccc(F)c2)C1(CO)CO. The fourth-order valence-electron chi connectivity index (χ4n) is 3.35. The zero-order chi connectivity index (χ0) is 17.5. The van der Waals surface area contributed by atoms with Crippen LogP contribution in [0.4, 0.5) is 4.39 Å². The van der Waals surface area contributed by atoms with Gasteiger partial charge in [0.1, 0.15) is 5.82 Å². The molecule has 4 nitrogen and oxygen atoms in total. The lowest BCUT2D eigenvalue weighted by molar-refractivity contribution is 0.130. The molecule has 0 aromatic heterocycles. The summed E-state index contributed by atoms with van der Waals surface area (Å²) in [5.74, 6) is -1.17. The molecular formula is C17H16ClFO4S. The van der Waals surface area contributed by atoms with E-state index in [1.807, 2.05) is 0 Å². The average Bonchev–Trinajstić information content (AvgIpc) is 3.26. The summed E-state index contributed by atoms with van der Waals surface area (Å²) in [5, 5.41) is 18.9. The lowest BCUT2D eigenvalue weighted by Gasteiger charge is -2.11. The molecule has 0 radical (unpaired) electrons. The third-order valence-electron chi connectivity index (χ3n) is 4.65. The number of benzene rings is 2. The molecule has 1 aliphatic carbocycles. The highest BCUT2D eigenvalue weighted by atomic mass is 35.5. The molecule has 2 aromatic rings. The summed E-state index contributed by atoms with van der Waals surface area (Å²) in [4.78, 5) is 0.0575. The topological polar surface area (TPSA) is 74.6 Å². The Balaban J connectivity index is 2.06. The molecule has 2 N–H and O–H groups in total. The van der Waals surface area contributed by atoms with E-state index in [1.165, 1.54) is 42.5 Å². The van der Waals surface area contributed by atoms with Gasteiger partial charge in [-0.2, -0.15) is 0 Å². The monoisotopic (exact) mass is 370 g/mol. The van der Waals surface area contributed by atoms with E-state index in [4.69, 9.17) is 11.6 Å². The minimum atomic E-state index is -3.83. The number of aliphatic hydroxyl groups excluding tert-OH is 2. The molecule has 0 spiro atoms. The maximum atomic E-state index is 13.5. The first-order valence-electron chi connectivity index (χ1n) is 7.33. The summed E-state index contributed by atoms with van der Waals surface area (Å²) in [7, 11) is -3.83. The van der Waals surface area contributed by atoms with E-state index < -0.39 is 45.5 Å². The van der Waals surface area contributed by atoms with Gasteiger partial charge in [-0.1, -0.05) is 23.7 Å². The van der Waals surface area contributed by atoms with Crippen molar-refractivity contribution in [3.63, 3.8) is 0 Å². The van der Waals surface area contributed by atoms with Gasteiger partial charge in [0.25, 0.3) is 0 Å². The molecule has 0 aliphatic heterocycles. The zero-order valence-electron chi connectivity index (χ0n) is 12.6. The van der Waals surface area contributed by atoms with Crippen LogP contribution in [0.5, 0.6) is 0 Å². The Morgan fingerprint density at radius 2 is 1.71 bits per heavy atom. The molecule has 0 amide bonds. The lowest BCUT2D eigenvalue weighted by atomic mass is 10.0. The van der Waals surface area contributed by atoms with E-state index in [0.29, 0.717) is 10.6 Å². The predicted octanol–water partition coefficient (Wildman–Crippen LogP) is 2.39. The quantitative estimate of drug-likeness (QED) is 0.847. The fourth-order valence-corrected chi connectivity index (χ4v) is 5.90. The maximum absolute atomic E-state index is 13.5.